The van der Waals surface area contributed by atoms with E-state index in [1.165, 1.54) is 5.39 Å². The Morgan fingerprint density at radius 1 is 0.727 bits per heavy atom. The van der Waals surface area contributed by atoms with Gasteiger partial charge < -0.3 is 18.9 Å². The van der Waals surface area contributed by atoms with Crippen molar-refractivity contribution in [3.8, 4) is 5.75 Å². The van der Waals surface area contributed by atoms with Gasteiger partial charge in [-0.15, -0.1) is 0 Å². The fourth-order valence-electron chi connectivity index (χ4n) is 6.20. The fraction of sp³-hybridized carbons (Fsp3) is 0.368. The molecule has 0 aliphatic carbocycles. The third kappa shape index (κ3) is 6.45. The van der Waals surface area contributed by atoms with Gasteiger partial charge in [0.05, 0.1) is 11.6 Å². The molecule has 1 atom stereocenters. The maximum absolute atomic E-state index is 12.6. The van der Waals surface area contributed by atoms with E-state index in [1.807, 2.05) is 36.4 Å². The van der Waals surface area contributed by atoms with Crippen LogP contribution in [0, 0.1) is 0 Å². The molecule has 2 N–H and O–H groups in total. The van der Waals surface area contributed by atoms with Crippen molar-refractivity contribution < 1.29 is 14.0 Å². The van der Waals surface area contributed by atoms with Crippen molar-refractivity contribution in [2.45, 2.75) is 83.2 Å². The Hall–Kier alpha value is -3.17. The van der Waals surface area contributed by atoms with Gasteiger partial charge in [-0.25, -0.2) is 0 Å². The van der Waals surface area contributed by atoms with Gasteiger partial charge in [-0.2, -0.15) is 0 Å². The molecule has 0 aliphatic rings. The van der Waals surface area contributed by atoms with Gasteiger partial charge in [0.15, 0.2) is 8.32 Å². The molecular formula is C38H49NO3Si2. The molecule has 5 aromatic rings. The molecule has 1 unspecified atom stereocenters. The number of para-hydroxylation sites is 1. The number of aromatic nitrogens is 1. The van der Waals surface area contributed by atoms with Crippen LogP contribution in [0.25, 0.3) is 21.8 Å². The number of fused-ring (bicyclic) bond motifs is 3. The number of hydrogen-bond acceptors (Lipinski definition) is 3. The van der Waals surface area contributed by atoms with E-state index in [2.05, 4.69) is 119 Å². The summed E-state index contributed by atoms with van der Waals surface area (Å²) in [6.45, 7) is 16.5. The summed E-state index contributed by atoms with van der Waals surface area (Å²) in [6, 6.07) is 35.2. The molecule has 0 radical (unpaired) electrons. The molecule has 0 bridgehead atoms. The number of rotatable bonds is 12. The highest BCUT2D eigenvalue weighted by atomic mass is 28.4. The average Bonchev–Trinajstić information content (AvgIpc) is 3.39. The zero-order valence-corrected chi connectivity index (χ0v) is 29.5. The molecular weight excluding hydrogens is 575 g/mol. The maximum atomic E-state index is 12.6. The highest BCUT2D eigenvalue weighted by Crippen LogP contribution is 2.42. The van der Waals surface area contributed by atoms with Crippen molar-refractivity contribution >= 4 is 48.8 Å². The second-order valence-electron chi connectivity index (χ2n) is 14.4. The van der Waals surface area contributed by atoms with E-state index in [0.717, 1.165) is 51.8 Å². The van der Waals surface area contributed by atoms with Crippen molar-refractivity contribution in [2.75, 3.05) is 6.61 Å². The molecule has 44 heavy (non-hydrogen) atoms. The van der Waals surface area contributed by atoms with Gasteiger partial charge in [-0.3, -0.25) is 0 Å². The van der Waals surface area contributed by atoms with Crippen LogP contribution in [0.15, 0.2) is 103 Å². The highest BCUT2D eigenvalue weighted by molar-refractivity contribution is 6.98. The average molecular weight is 624 g/mol. The minimum atomic E-state index is -3.06. The minimum Gasteiger partial charge on any atom is -0.490 e. The predicted octanol–water partition coefficient (Wildman–Crippen LogP) is 8.79. The number of nitrogens with one attached hydrogen (secondary N) is 1. The molecule has 0 aliphatic heterocycles. The van der Waals surface area contributed by atoms with Gasteiger partial charge in [0, 0.05) is 16.3 Å². The van der Waals surface area contributed by atoms with E-state index in [0.29, 0.717) is 6.61 Å². The Kier molecular flexibility index (Phi) is 9.29. The van der Waals surface area contributed by atoms with E-state index in [4.69, 9.17) is 9.16 Å². The van der Waals surface area contributed by atoms with Crippen LogP contribution in [-0.4, -0.2) is 39.1 Å². The number of hydrogen-bond donors (Lipinski definition) is 2. The van der Waals surface area contributed by atoms with Gasteiger partial charge >= 0.3 is 0 Å². The summed E-state index contributed by atoms with van der Waals surface area (Å²) >= 11 is 0. The quantitative estimate of drug-likeness (QED) is 0.137. The van der Waals surface area contributed by atoms with Gasteiger partial charge in [0.2, 0.25) is 0 Å². The van der Waals surface area contributed by atoms with Crippen LogP contribution in [0.4, 0.5) is 0 Å². The molecule has 4 aromatic carbocycles. The standard InChI is InChI=1S/C38H49NO3Si2/c1-37(2,3)43(6,7)42-29(28-41-35-26-16-25-34-36(35)32-23-14-15-24-33(32)39-34)18-17-27-38(4,5)44(40,30-19-10-8-11-20-30)31-21-12-9-13-22-31/h8-16,19-26,29,39-40H,17-18,27-28H2,1-7H3. The third-order valence-electron chi connectivity index (χ3n) is 9.87. The molecule has 0 amide bonds. The summed E-state index contributed by atoms with van der Waals surface area (Å²) in [5, 5.41) is 4.20. The normalized spacial score (nSPS) is 13.8. The van der Waals surface area contributed by atoms with Crippen LogP contribution >= 0.6 is 0 Å². The van der Waals surface area contributed by atoms with Crippen LogP contribution in [0.1, 0.15) is 53.9 Å². The molecule has 0 saturated heterocycles. The van der Waals surface area contributed by atoms with E-state index >= 15 is 0 Å². The molecule has 5 rings (SSSR count). The first-order chi connectivity index (χ1) is 20.8. The number of H-pyrrole nitrogens is 1. The molecule has 4 nitrogen and oxygen atoms in total. The van der Waals surface area contributed by atoms with Crippen molar-refractivity contribution in [1.82, 2.24) is 4.98 Å². The lowest BCUT2D eigenvalue weighted by molar-refractivity contribution is 0.105. The Morgan fingerprint density at radius 3 is 1.91 bits per heavy atom. The number of benzene rings is 4. The zero-order chi connectivity index (χ0) is 31.6. The van der Waals surface area contributed by atoms with Crippen LogP contribution < -0.4 is 15.1 Å². The minimum absolute atomic E-state index is 0.0460. The second kappa shape index (κ2) is 12.7. The lowest BCUT2D eigenvalue weighted by Gasteiger charge is -2.42. The third-order valence-corrected chi connectivity index (χ3v) is 19.0. The van der Waals surface area contributed by atoms with Crippen molar-refractivity contribution in [3.05, 3.63) is 103 Å². The molecule has 1 aromatic heterocycles. The van der Waals surface area contributed by atoms with Crippen molar-refractivity contribution in [3.63, 3.8) is 0 Å². The summed E-state index contributed by atoms with van der Waals surface area (Å²) in [6.07, 6.45) is 2.64. The smallest absolute Gasteiger partial charge is 0.258 e. The maximum Gasteiger partial charge on any atom is 0.258 e. The van der Waals surface area contributed by atoms with E-state index in [1.54, 1.807) is 0 Å². The summed E-state index contributed by atoms with van der Waals surface area (Å²) in [5.74, 6) is 0.888. The van der Waals surface area contributed by atoms with Crippen LogP contribution in [0.5, 0.6) is 5.75 Å². The van der Waals surface area contributed by atoms with E-state index < -0.39 is 16.6 Å². The molecule has 232 valence electrons. The Morgan fingerprint density at radius 2 is 1.30 bits per heavy atom. The molecule has 0 fully saturated rings. The first-order valence-electron chi connectivity index (χ1n) is 16.0. The monoisotopic (exact) mass is 623 g/mol. The van der Waals surface area contributed by atoms with E-state index in [9.17, 15) is 4.80 Å². The van der Waals surface area contributed by atoms with Gasteiger partial charge in [0.25, 0.3) is 8.32 Å². The Labute approximate surface area is 265 Å². The highest BCUT2D eigenvalue weighted by Gasteiger charge is 2.49. The van der Waals surface area contributed by atoms with Gasteiger partial charge in [-0.05, 0) is 64.6 Å². The molecule has 0 spiro atoms. The summed E-state index contributed by atoms with van der Waals surface area (Å²) in [4.78, 5) is 16.2. The molecule has 0 saturated carbocycles. The first-order valence-corrected chi connectivity index (χ1v) is 20.8. The predicted molar refractivity (Wildman–Crippen MR) is 191 cm³/mol. The summed E-state index contributed by atoms with van der Waals surface area (Å²) in [7, 11) is -5.12. The Balaban J connectivity index is 1.38. The second-order valence-corrected chi connectivity index (χ2v) is 23.1. The zero-order valence-electron chi connectivity index (χ0n) is 27.5. The largest absolute Gasteiger partial charge is 0.490 e. The Bertz CT molecular complexity index is 1630. The van der Waals surface area contributed by atoms with Gasteiger partial charge in [0.1, 0.15) is 12.4 Å². The number of aromatic amines is 1. The van der Waals surface area contributed by atoms with Crippen LogP contribution in [0.3, 0.4) is 0 Å². The molecule has 1 heterocycles. The van der Waals surface area contributed by atoms with Gasteiger partial charge in [-0.1, -0.05) is 126 Å². The molecule has 6 heteroatoms. The topological polar surface area (TPSA) is 54.5 Å². The SMILES string of the molecule is CC(C)(C)[Si](C)(C)OC(CCCC(C)(C)[Si](O)(c1ccccc1)c1ccccc1)COc1cccc2[nH]c3ccccc3c12. The van der Waals surface area contributed by atoms with Crippen molar-refractivity contribution in [1.29, 1.82) is 0 Å². The lowest BCUT2D eigenvalue weighted by atomic mass is 10.0. The number of ether oxygens (including phenoxy) is 1. The van der Waals surface area contributed by atoms with Crippen LogP contribution in [0.2, 0.25) is 23.2 Å². The lowest BCUT2D eigenvalue weighted by Crippen LogP contribution is -2.65. The summed E-state index contributed by atoms with van der Waals surface area (Å²) in [5.41, 5.74) is 2.20. The summed E-state index contributed by atoms with van der Waals surface area (Å²) < 4.78 is 13.7. The van der Waals surface area contributed by atoms with E-state index in [-0.39, 0.29) is 16.2 Å². The van der Waals surface area contributed by atoms with Crippen LogP contribution in [-0.2, 0) is 4.43 Å². The van der Waals surface area contributed by atoms with Crippen molar-refractivity contribution in [2.24, 2.45) is 0 Å². The fourth-order valence-corrected chi connectivity index (χ4v) is 11.4. The first kappa shape index (κ1) is 32.2.